The van der Waals surface area contributed by atoms with Gasteiger partial charge in [-0.15, -0.1) is 0 Å². The molecule has 0 saturated carbocycles. The zero-order chi connectivity index (χ0) is 26.4. The largest absolute Gasteiger partial charge is 0.490 e. The number of carbonyl (C=O) groups excluding carboxylic acids is 2. The lowest BCUT2D eigenvalue weighted by atomic mass is 10.1. The fourth-order valence-corrected chi connectivity index (χ4v) is 4.28. The van der Waals surface area contributed by atoms with Crippen molar-refractivity contribution in [1.29, 1.82) is 0 Å². The third-order valence-corrected chi connectivity index (χ3v) is 6.13. The Bertz CT molecular complexity index is 1370. The van der Waals surface area contributed by atoms with Gasteiger partial charge in [0.2, 0.25) is 0 Å². The second-order valence-corrected chi connectivity index (χ2v) is 8.79. The normalized spacial score (nSPS) is 14.0. The Balaban J connectivity index is 1.50. The van der Waals surface area contributed by atoms with Crippen LogP contribution in [0.5, 0.6) is 11.5 Å². The Kier molecular flexibility index (Phi) is 8.20. The first kappa shape index (κ1) is 25.9. The third kappa shape index (κ3) is 5.98. The van der Waals surface area contributed by atoms with Crippen molar-refractivity contribution in [3.05, 3.63) is 89.1 Å². The molecule has 0 spiro atoms. The smallest absolute Gasteiger partial charge is 0.281 e. The SMILES string of the molecule is CCOc1cc(/C=C2/NC(=S)N(c3ccccc3CC)C2=O)ccc1OCC(=O)Nc1ccccc1C. The van der Waals surface area contributed by atoms with E-state index in [0.29, 0.717) is 28.9 Å². The van der Waals surface area contributed by atoms with Crippen LogP contribution in [0.1, 0.15) is 30.5 Å². The van der Waals surface area contributed by atoms with Crippen molar-refractivity contribution in [2.75, 3.05) is 23.4 Å². The molecule has 37 heavy (non-hydrogen) atoms. The van der Waals surface area contributed by atoms with Crippen molar-refractivity contribution in [1.82, 2.24) is 5.32 Å². The third-order valence-electron chi connectivity index (χ3n) is 5.85. The van der Waals surface area contributed by atoms with Gasteiger partial charge in [-0.2, -0.15) is 0 Å². The van der Waals surface area contributed by atoms with Crippen LogP contribution >= 0.6 is 12.2 Å². The van der Waals surface area contributed by atoms with E-state index in [4.69, 9.17) is 21.7 Å². The summed E-state index contributed by atoms with van der Waals surface area (Å²) in [6.45, 7) is 6.07. The molecule has 1 fully saturated rings. The highest BCUT2D eigenvalue weighted by atomic mass is 32.1. The van der Waals surface area contributed by atoms with Crippen molar-refractivity contribution in [2.45, 2.75) is 27.2 Å². The highest BCUT2D eigenvalue weighted by Gasteiger charge is 2.33. The molecular formula is C29H29N3O4S. The lowest BCUT2D eigenvalue weighted by molar-refractivity contribution is -0.118. The van der Waals surface area contributed by atoms with Gasteiger partial charge in [0.05, 0.1) is 12.3 Å². The minimum atomic E-state index is -0.273. The maximum Gasteiger partial charge on any atom is 0.281 e. The van der Waals surface area contributed by atoms with Crippen LogP contribution in [0.3, 0.4) is 0 Å². The van der Waals surface area contributed by atoms with Gasteiger partial charge in [0.1, 0.15) is 5.70 Å². The molecule has 3 aromatic rings. The molecule has 0 atom stereocenters. The number of hydrogen-bond acceptors (Lipinski definition) is 5. The average molecular weight is 516 g/mol. The van der Waals surface area contributed by atoms with Gasteiger partial charge < -0.3 is 20.1 Å². The van der Waals surface area contributed by atoms with Gasteiger partial charge >= 0.3 is 0 Å². The van der Waals surface area contributed by atoms with Crippen LogP contribution in [-0.2, 0) is 16.0 Å². The number of para-hydroxylation sites is 2. The lowest BCUT2D eigenvalue weighted by Crippen LogP contribution is -2.31. The molecule has 0 aromatic heterocycles. The standard InChI is InChI=1S/C29H29N3O4S/c1-4-21-11-7-9-13-24(21)32-28(34)23(31-29(32)37)16-20-14-15-25(26(17-20)35-5-2)36-18-27(33)30-22-12-8-6-10-19(22)3/h6-17H,4-5,18H2,1-3H3,(H,30,33)(H,31,37)/b23-16+. The van der Waals surface area contributed by atoms with E-state index in [2.05, 4.69) is 10.6 Å². The van der Waals surface area contributed by atoms with Crippen molar-refractivity contribution < 1.29 is 19.1 Å². The van der Waals surface area contributed by atoms with Gasteiger partial charge in [-0.1, -0.05) is 49.4 Å². The monoisotopic (exact) mass is 515 g/mol. The summed E-state index contributed by atoms with van der Waals surface area (Å²) in [6, 6.07) is 20.5. The molecule has 7 nitrogen and oxygen atoms in total. The molecule has 0 unspecified atom stereocenters. The summed E-state index contributed by atoms with van der Waals surface area (Å²) < 4.78 is 11.5. The molecule has 1 aliphatic rings. The van der Waals surface area contributed by atoms with Crippen molar-refractivity contribution in [2.24, 2.45) is 0 Å². The Labute approximate surface area is 222 Å². The lowest BCUT2D eigenvalue weighted by Gasteiger charge is -2.17. The minimum Gasteiger partial charge on any atom is -0.490 e. The number of amides is 2. The number of nitrogens with zero attached hydrogens (tertiary/aromatic N) is 1. The highest BCUT2D eigenvalue weighted by Crippen LogP contribution is 2.31. The fourth-order valence-electron chi connectivity index (χ4n) is 3.99. The summed E-state index contributed by atoms with van der Waals surface area (Å²) >= 11 is 5.47. The predicted octanol–water partition coefficient (Wildman–Crippen LogP) is 5.24. The topological polar surface area (TPSA) is 79.9 Å². The van der Waals surface area contributed by atoms with Gasteiger partial charge in [0.25, 0.3) is 11.8 Å². The molecule has 3 aromatic carbocycles. The van der Waals surface area contributed by atoms with Crippen LogP contribution < -0.4 is 25.0 Å². The minimum absolute atomic E-state index is 0.172. The Morgan fingerprint density at radius 3 is 2.54 bits per heavy atom. The second kappa shape index (κ2) is 11.7. The molecule has 2 N–H and O–H groups in total. The molecule has 190 valence electrons. The first-order valence-corrected chi connectivity index (χ1v) is 12.5. The molecule has 8 heteroatoms. The Morgan fingerprint density at radius 2 is 1.78 bits per heavy atom. The number of nitrogens with one attached hydrogen (secondary N) is 2. The molecule has 4 rings (SSSR count). The van der Waals surface area contributed by atoms with E-state index in [-0.39, 0.29) is 18.4 Å². The number of thiocarbonyl (C=S) groups is 1. The number of hydrogen-bond donors (Lipinski definition) is 2. The maximum absolute atomic E-state index is 13.2. The van der Waals surface area contributed by atoms with E-state index in [1.807, 2.05) is 69.3 Å². The van der Waals surface area contributed by atoms with Gasteiger partial charge in [-0.25, -0.2) is 0 Å². The van der Waals surface area contributed by atoms with Gasteiger partial charge in [0, 0.05) is 5.69 Å². The fraction of sp³-hybridized carbons (Fsp3) is 0.207. The van der Waals surface area contributed by atoms with Gasteiger partial charge in [0.15, 0.2) is 23.2 Å². The van der Waals surface area contributed by atoms with Crippen LogP contribution in [0, 0.1) is 6.92 Å². The number of rotatable bonds is 9. The number of aryl methyl sites for hydroxylation is 2. The molecule has 0 radical (unpaired) electrons. The first-order valence-electron chi connectivity index (χ1n) is 12.1. The van der Waals surface area contributed by atoms with Crippen molar-refractivity contribution >= 4 is 46.6 Å². The van der Waals surface area contributed by atoms with Gasteiger partial charge in [-0.05, 0) is 79.5 Å². The van der Waals surface area contributed by atoms with Crippen LogP contribution in [0.4, 0.5) is 11.4 Å². The summed E-state index contributed by atoms with van der Waals surface area (Å²) in [7, 11) is 0. The number of ether oxygens (including phenoxy) is 2. The summed E-state index contributed by atoms with van der Waals surface area (Å²) in [5, 5.41) is 6.21. The maximum atomic E-state index is 13.2. The zero-order valence-electron chi connectivity index (χ0n) is 21.0. The van der Waals surface area contributed by atoms with Gasteiger partial charge in [-0.3, -0.25) is 14.5 Å². The van der Waals surface area contributed by atoms with E-state index in [1.54, 1.807) is 24.3 Å². The van der Waals surface area contributed by atoms with E-state index in [9.17, 15) is 9.59 Å². The molecule has 1 aliphatic heterocycles. The molecule has 1 heterocycles. The van der Waals surface area contributed by atoms with Crippen molar-refractivity contribution in [3.8, 4) is 11.5 Å². The number of benzene rings is 3. The molecule has 2 amide bonds. The summed E-state index contributed by atoms with van der Waals surface area (Å²) in [5.41, 5.74) is 4.61. The molecule has 0 bridgehead atoms. The summed E-state index contributed by atoms with van der Waals surface area (Å²) in [6.07, 6.45) is 2.50. The molecular weight excluding hydrogens is 486 g/mol. The van der Waals surface area contributed by atoms with E-state index < -0.39 is 0 Å². The first-order chi connectivity index (χ1) is 17.9. The number of anilines is 2. The second-order valence-electron chi connectivity index (χ2n) is 8.40. The number of carbonyl (C=O) groups is 2. The summed E-state index contributed by atoms with van der Waals surface area (Å²) in [4.78, 5) is 27.2. The van der Waals surface area contributed by atoms with Crippen LogP contribution in [-0.4, -0.2) is 30.1 Å². The Morgan fingerprint density at radius 1 is 1.03 bits per heavy atom. The van der Waals surface area contributed by atoms with E-state index in [0.717, 1.165) is 34.5 Å². The molecule has 0 aliphatic carbocycles. The average Bonchev–Trinajstić information content (AvgIpc) is 3.17. The predicted molar refractivity (Wildman–Crippen MR) is 150 cm³/mol. The zero-order valence-corrected chi connectivity index (χ0v) is 21.9. The van der Waals surface area contributed by atoms with Crippen molar-refractivity contribution in [3.63, 3.8) is 0 Å². The van der Waals surface area contributed by atoms with E-state index >= 15 is 0 Å². The molecule has 1 saturated heterocycles. The van der Waals surface area contributed by atoms with Crippen LogP contribution in [0.25, 0.3) is 6.08 Å². The van der Waals surface area contributed by atoms with Crippen LogP contribution in [0.2, 0.25) is 0 Å². The highest BCUT2D eigenvalue weighted by molar-refractivity contribution is 7.80. The van der Waals surface area contributed by atoms with Crippen LogP contribution in [0.15, 0.2) is 72.4 Å². The van der Waals surface area contributed by atoms with E-state index in [1.165, 1.54) is 4.90 Å². The summed E-state index contributed by atoms with van der Waals surface area (Å²) in [5.74, 6) is 0.409. The Hall–Kier alpha value is -4.17. The quantitative estimate of drug-likeness (QED) is 0.300.